The van der Waals surface area contributed by atoms with Crippen LogP contribution in [0.4, 0.5) is 0 Å². The molecule has 0 radical (unpaired) electrons. The van der Waals surface area contributed by atoms with Gasteiger partial charge >= 0.3 is 0 Å². The lowest BCUT2D eigenvalue weighted by Crippen LogP contribution is -2.25. The number of nitrogens with one attached hydrogen (secondary N) is 1. The molecule has 0 aliphatic heterocycles. The van der Waals surface area contributed by atoms with Crippen LogP contribution in [0.1, 0.15) is 25.5 Å². The lowest BCUT2D eigenvalue weighted by atomic mass is 10.1. The van der Waals surface area contributed by atoms with E-state index in [0.29, 0.717) is 11.7 Å². The van der Waals surface area contributed by atoms with Crippen molar-refractivity contribution in [3.8, 4) is 5.75 Å². The standard InChI is InChI=1S/C13H21NOS/c1-10(9-16-3)8-14-11(2)12-6-4-5-7-13(12)15/h4-7,10-11,14-15H,8-9H2,1-3H3. The van der Waals surface area contributed by atoms with Gasteiger partial charge in [0, 0.05) is 11.6 Å². The molecule has 2 nitrogen and oxygen atoms in total. The van der Waals surface area contributed by atoms with Crippen LogP contribution in [0.25, 0.3) is 0 Å². The molecule has 0 spiro atoms. The summed E-state index contributed by atoms with van der Waals surface area (Å²) in [5, 5.41) is 13.2. The minimum Gasteiger partial charge on any atom is -0.508 e. The molecule has 0 fully saturated rings. The Morgan fingerprint density at radius 3 is 2.62 bits per heavy atom. The van der Waals surface area contributed by atoms with E-state index in [-0.39, 0.29) is 6.04 Å². The number of phenolic OH excluding ortho intramolecular Hbond substituents is 1. The maximum Gasteiger partial charge on any atom is 0.120 e. The fourth-order valence-corrected chi connectivity index (χ4v) is 2.37. The van der Waals surface area contributed by atoms with Gasteiger partial charge in [-0.1, -0.05) is 25.1 Å². The van der Waals surface area contributed by atoms with Gasteiger partial charge in [0.05, 0.1) is 0 Å². The number of para-hydroxylation sites is 1. The summed E-state index contributed by atoms with van der Waals surface area (Å²) >= 11 is 1.87. The van der Waals surface area contributed by atoms with E-state index in [2.05, 4.69) is 25.4 Å². The summed E-state index contributed by atoms with van der Waals surface area (Å²) < 4.78 is 0. The molecular weight excluding hydrogens is 218 g/mol. The number of phenols is 1. The van der Waals surface area contributed by atoms with Gasteiger partial charge in [0.15, 0.2) is 0 Å². The van der Waals surface area contributed by atoms with Crippen LogP contribution in [0.15, 0.2) is 24.3 Å². The monoisotopic (exact) mass is 239 g/mol. The molecule has 90 valence electrons. The first-order chi connectivity index (χ1) is 7.65. The SMILES string of the molecule is CSCC(C)CNC(C)c1ccccc1O. The normalized spacial score (nSPS) is 14.7. The van der Waals surface area contributed by atoms with Gasteiger partial charge < -0.3 is 10.4 Å². The predicted octanol–water partition coefficient (Wildman–Crippen LogP) is 3.04. The Morgan fingerprint density at radius 1 is 1.31 bits per heavy atom. The Kier molecular flexibility index (Phi) is 5.71. The largest absolute Gasteiger partial charge is 0.508 e. The minimum absolute atomic E-state index is 0.200. The van der Waals surface area contributed by atoms with Gasteiger partial charge in [-0.3, -0.25) is 0 Å². The molecule has 2 unspecified atom stereocenters. The van der Waals surface area contributed by atoms with Crippen LogP contribution in [0.3, 0.4) is 0 Å². The van der Waals surface area contributed by atoms with Crippen LogP contribution in [-0.4, -0.2) is 23.7 Å². The third-order valence-electron chi connectivity index (χ3n) is 2.63. The Bertz CT molecular complexity index is 317. The van der Waals surface area contributed by atoms with E-state index in [1.165, 1.54) is 5.75 Å². The van der Waals surface area contributed by atoms with Crippen LogP contribution in [-0.2, 0) is 0 Å². The predicted molar refractivity (Wildman–Crippen MR) is 72.1 cm³/mol. The molecule has 0 bridgehead atoms. The number of rotatable bonds is 6. The first kappa shape index (κ1) is 13.4. The average molecular weight is 239 g/mol. The molecular formula is C13H21NOS. The smallest absolute Gasteiger partial charge is 0.120 e. The average Bonchev–Trinajstić information content (AvgIpc) is 2.27. The van der Waals surface area contributed by atoms with Gasteiger partial charge in [-0.15, -0.1) is 0 Å². The van der Waals surface area contributed by atoms with Crippen LogP contribution in [0.2, 0.25) is 0 Å². The van der Waals surface area contributed by atoms with Crippen molar-refractivity contribution < 1.29 is 5.11 Å². The molecule has 0 heterocycles. The number of thioether (sulfide) groups is 1. The summed E-state index contributed by atoms with van der Waals surface area (Å²) in [7, 11) is 0. The van der Waals surface area contributed by atoms with Crippen molar-refractivity contribution >= 4 is 11.8 Å². The first-order valence-corrected chi connectivity index (χ1v) is 7.04. The second-order valence-corrected chi connectivity index (χ2v) is 5.16. The molecule has 2 N–H and O–H groups in total. The second-order valence-electron chi connectivity index (χ2n) is 4.25. The van der Waals surface area contributed by atoms with Gasteiger partial charge in [0.2, 0.25) is 0 Å². The van der Waals surface area contributed by atoms with E-state index >= 15 is 0 Å². The highest BCUT2D eigenvalue weighted by Gasteiger charge is 2.10. The van der Waals surface area contributed by atoms with Crippen LogP contribution < -0.4 is 5.32 Å². The maximum atomic E-state index is 9.71. The van der Waals surface area contributed by atoms with Gasteiger partial charge in [-0.2, -0.15) is 11.8 Å². The minimum atomic E-state index is 0.200. The third kappa shape index (κ3) is 4.06. The van der Waals surface area contributed by atoms with Crippen molar-refractivity contribution in [3.63, 3.8) is 0 Å². The fraction of sp³-hybridized carbons (Fsp3) is 0.538. The van der Waals surface area contributed by atoms with E-state index < -0.39 is 0 Å². The number of hydrogen-bond acceptors (Lipinski definition) is 3. The molecule has 1 aromatic rings. The molecule has 0 saturated heterocycles. The summed E-state index contributed by atoms with van der Waals surface area (Å²) in [4.78, 5) is 0. The zero-order valence-electron chi connectivity index (χ0n) is 10.2. The maximum absolute atomic E-state index is 9.71. The summed E-state index contributed by atoms with van der Waals surface area (Å²) in [6.07, 6.45) is 2.13. The van der Waals surface area contributed by atoms with Gasteiger partial charge in [-0.05, 0) is 37.5 Å². The highest BCUT2D eigenvalue weighted by Crippen LogP contribution is 2.23. The fourth-order valence-electron chi connectivity index (χ4n) is 1.69. The Balaban J connectivity index is 2.46. The van der Waals surface area contributed by atoms with Crippen LogP contribution in [0, 0.1) is 5.92 Å². The van der Waals surface area contributed by atoms with Crippen molar-refractivity contribution in [1.82, 2.24) is 5.32 Å². The van der Waals surface area contributed by atoms with Gasteiger partial charge in [0.25, 0.3) is 0 Å². The molecule has 3 heteroatoms. The number of aromatic hydroxyl groups is 1. The van der Waals surface area contributed by atoms with Gasteiger partial charge in [-0.25, -0.2) is 0 Å². The van der Waals surface area contributed by atoms with E-state index in [9.17, 15) is 5.11 Å². The molecule has 0 aliphatic carbocycles. The van der Waals surface area contributed by atoms with Gasteiger partial charge in [0.1, 0.15) is 5.75 Å². The van der Waals surface area contributed by atoms with E-state index in [1.54, 1.807) is 6.07 Å². The zero-order chi connectivity index (χ0) is 12.0. The van der Waals surface area contributed by atoms with Crippen molar-refractivity contribution in [2.45, 2.75) is 19.9 Å². The highest BCUT2D eigenvalue weighted by atomic mass is 32.2. The lowest BCUT2D eigenvalue weighted by Gasteiger charge is -2.18. The van der Waals surface area contributed by atoms with E-state index in [1.807, 2.05) is 30.0 Å². The molecule has 16 heavy (non-hydrogen) atoms. The molecule has 1 aromatic carbocycles. The Hall–Kier alpha value is -0.670. The van der Waals surface area contributed by atoms with E-state index in [0.717, 1.165) is 12.1 Å². The second kappa shape index (κ2) is 6.81. The number of benzene rings is 1. The molecule has 0 amide bonds. The molecule has 1 rings (SSSR count). The van der Waals surface area contributed by atoms with Crippen LogP contribution >= 0.6 is 11.8 Å². The summed E-state index contributed by atoms with van der Waals surface area (Å²) in [6, 6.07) is 7.71. The third-order valence-corrected chi connectivity index (χ3v) is 3.53. The summed E-state index contributed by atoms with van der Waals surface area (Å²) in [5.41, 5.74) is 0.971. The summed E-state index contributed by atoms with van der Waals surface area (Å²) in [5.74, 6) is 2.20. The summed E-state index contributed by atoms with van der Waals surface area (Å²) in [6.45, 7) is 5.30. The zero-order valence-corrected chi connectivity index (χ0v) is 11.1. The first-order valence-electron chi connectivity index (χ1n) is 5.65. The van der Waals surface area contributed by atoms with Crippen molar-refractivity contribution in [1.29, 1.82) is 0 Å². The quantitative estimate of drug-likeness (QED) is 0.800. The van der Waals surface area contributed by atoms with Crippen molar-refractivity contribution in [2.75, 3.05) is 18.6 Å². The molecule has 2 atom stereocenters. The highest BCUT2D eigenvalue weighted by molar-refractivity contribution is 7.98. The topological polar surface area (TPSA) is 32.3 Å². The molecule has 0 aromatic heterocycles. The van der Waals surface area contributed by atoms with E-state index in [4.69, 9.17) is 0 Å². The lowest BCUT2D eigenvalue weighted by molar-refractivity contribution is 0.443. The van der Waals surface area contributed by atoms with Crippen LogP contribution in [0.5, 0.6) is 5.75 Å². The Labute approximate surface area is 102 Å². The van der Waals surface area contributed by atoms with Crippen molar-refractivity contribution in [3.05, 3.63) is 29.8 Å². The van der Waals surface area contributed by atoms with Crippen molar-refractivity contribution in [2.24, 2.45) is 5.92 Å². The molecule has 0 aliphatic rings. The number of hydrogen-bond donors (Lipinski definition) is 2. The Morgan fingerprint density at radius 2 is 2.00 bits per heavy atom. The molecule has 0 saturated carbocycles.